The highest BCUT2D eigenvalue weighted by molar-refractivity contribution is 7.89. The lowest BCUT2D eigenvalue weighted by Gasteiger charge is -2.27. The number of hydrogen-bond donors (Lipinski definition) is 2. The number of hydrogen-bond acceptors (Lipinski definition) is 4. The van der Waals surface area contributed by atoms with E-state index in [4.69, 9.17) is 9.88 Å². The van der Waals surface area contributed by atoms with Gasteiger partial charge >= 0.3 is 0 Å². The fourth-order valence-corrected chi connectivity index (χ4v) is 3.29. The van der Waals surface area contributed by atoms with Crippen molar-refractivity contribution in [1.29, 1.82) is 0 Å². The summed E-state index contributed by atoms with van der Waals surface area (Å²) in [7, 11) is -3.63. The minimum atomic E-state index is -3.63. The molecule has 1 aliphatic rings. The SMILES string of the molecule is CC[C@H](N[C@@H](C)c1ccc(S(N)(=O)=O)cc1)[C@@H]1CCCO1. The van der Waals surface area contributed by atoms with E-state index in [0.717, 1.165) is 31.4 Å². The Morgan fingerprint density at radius 3 is 2.52 bits per heavy atom. The van der Waals surface area contributed by atoms with Gasteiger partial charge in [0.15, 0.2) is 0 Å². The van der Waals surface area contributed by atoms with Crippen molar-refractivity contribution in [3.05, 3.63) is 29.8 Å². The van der Waals surface area contributed by atoms with Crippen LogP contribution in [0, 0.1) is 0 Å². The maximum atomic E-state index is 11.3. The van der Waals surface area contributed by atoms with Crippen LogP contribution < -0.4 is 10.5 Å². The molecule has 0 amide bonds. The Hall–Kier alpha value is -0.950. The van der Waals surface area contributed by atoms with Gasteiger partial charge in [-0.2, -0.15) is 0 Å². The van der Waals surface area contributed by atoms with Crippen LogP contribution in [-0.2, 0) is 14.8 Å². The predicted molar refractivity (Wildman–Crippen MR) is 82.4 cm³/mol. The molecule has 0 unspecified atom stereocenters. The lowest BCUT2D eigenvalue weighted by Crippen LogP contribution is -2.40. The summed E-state index contributed by atoms with van der Waals surface area (Å²) in [5.41, 5.74) is 1.04. The van der Waals surface area contributed by atoms with Crippen LogP contribution >= 0.6 is 0 Å². The number of rotatable bonds is 6. The van der Waals surface area contributed by atoms with Gasteiger partial charge in [0.25, 0.3) is 0 Å². The number of primary sulfonamides is 1. The van der Waals surface area contributed by atoms with E-state index in [1.165, 1.54) is 0 Å². The first-order chi connectivity index (χ1) is 9.91. The summed E-state index contributed by atoms with van der Waals surface area (Å²) in [6.07, 6.45) is 3.51. The van der Waals surface area contributed by atoms with Crippen LogP contribution in [0.25, 0.3) is 0 Å². The van der Waals surface area contributed by atoms with E-state index in [2.05, 4.69) is 19.2 Å². The number of benzene rings is 1. The monoisotopic (exact) mass is 312 g/mol. The quantitative estimate of drug-likeness (QED) is 0.841. The van der Waals surface area contributed by atoms with Gasteiger partial charge in [-0.15, -0.1) is 0 Å². The molecule has 0 saturated carbocycles. The Labute approximate surface area is 126 Å². The first-order valence-electron chi connectivity index (χ1n) is 7.42. The Bertz CT molecular complexity index is 551. The molecule has 1 aromatic carbocycles. The van der Waals surface area contributed by atoms with Crippen molar-refractivity contribution in [2.24, 2.45) is 5.14 Å². The van der Waals surface area contributed by atoms with Gasteiger partial charge in [0.1, 0.15) is 0 Å². The fourth-order valence-electron chi connectivity index (χ4n) is 2.77. The molecule has 3 atom stereocenters. The Morgan fingerprint density at radius 1 is 1.38 bits per heavy atom. The molecule has 0 aliphatic carbocycles. The third kappa shape index (κ3) is 4.26. The van der Waals surface area contributed by atoms with Crippen LogP contribution in [0.2, 0.25) is 0 Å². The Kier molecular flexibility index (Phi) is 5.37. The van der Waals surface area contributed by atoms with Crippen LogP contribution in [0.3, 0.4) is 0 Å². The highest BCUT2D eigenvalue weighted by atomic mass is 32.2. The van der Waals surface area contributed by atoms with Crippen molar-refractivity contribution in [3.8, 4) is 0 Å². The van der Waals surface area contributed by atoms with Crippen molar-refractivity contribution in [3.63, 3.8) is 0 Å². The summed E-state index contributed by atoms with van der Waals surface area (Å²) in [5.74, 6) is 0. The number of nitrogens with one attached hydrogen (secondary N) is 1. The molecule has 1 fully saturated rings. The van der Waals surface area contributed by atoms with Gasteiger partial charge in [-0.25, -0.2) is 13.6 Å². The molecule has 5 nitrogen and oxygen atoms in total. The Morgan fingerprint density at radius 2 is 2.05 bits per heavy atom. The summed E-state index contributed by atoms with van der Waals surface area (Å²) < 4.78 is 28.3. The minimum absolute atomic E-state index is 0.133. The summed E-state index contributed by atoms with van der Waals surface area (Å²) >= 11 is 0. The molecular weight excluding hydrogens is 288 g/mol. The van der Waals surface area contributed by atoms with E-state index in [-0.39, 0.29) is 17.0 Å². The minimum Gasteiger partial charge on any atom is -0.377 e. The van der Waals surface area contributed by atoms with Crippen molar-refractivity contribution in [1.82, 2.24) is 5.32 Å². The molecule has 0 spiro atoms. The molecule has 3 N–H and O–H groups in total. The molecule has 1 heterocycles. The molecule has 2 rings (SSSR count). The summed E-state index contributed by atoms with van der Waals surface area (Å²) in [4.78, 5) is 0.143. The van der Waals surface area contributed by atoms with Gasteiger partial charge in [0.05, 0.1) is 11.0 Å². The van der Waals surface area contributed by atoms with Crippen molar-refractivity contribution in [2.75, 3.05) is 6.61 Å². The third-order valence-corrected chi connectivity index (χ3v) is 4.96. The molecule has 1 saturated heterocycles. The van der Waals surface area contributed by atoms with E-state index in [0.29, 0.717) is 6.04 Å². The van der Waals surface area contributed by atoms with Crippen LogP contribution in [0.15, 0.2) is 29.2 Å². The lowest BCUT2D eigenvalue weighted by molar-refractivity contribution is 0.0735. The van der Waals surface area contributed by atoms with Gasteiger partial charge in [-0.1, -0.05) is 19.1 Å². The smallest absolute Gasteiger partial charge is 0.238 e. The molecule has 1 aromatic rings. The lowest BCUT2D eigenvalue weighted by atomic mass is 10.0. The Balaban J connectivity index is 2.03. The predicted octanol–water partition coefficient (Wildman–Crippen LogP) is 1.94. The zero-order chi connectivity index (χ0) is 15.5. The second-order valence-corrected chi connectivity index (χ2v) is 7.13. The largest absolute Gasteiger partial charge is 0.377 e. The molecule has 0 aromatic heterocycles. The topological polar surface area (TPSA) is 81.4 Å². The van der Waals surface area contributed by atoms with Gasteiger partial charge in [-0.05, 0) is 43.9 Å². The maximum Gasteiger partial charge on any atom is 0.238 e. The van der Waals surface area contributed by atoms with Gasteiger partial charge < -0.3 is 10.1 Å². The normalized spacial score (nSPS) is 22.1. The van der Waals surface area contributed by atoms with Gasteiger partial charge in [0.2, 0.25) is 10.0 Å². The zero-order valence-electron chi connectivity index (χ0n) is 12.6. The number of ether oxygens (including phenoxy) is 1. The second-order valence-electron chi connectivity index (χ2n) is 5.57. The van der Waals surface area contributed by atoms with Crippen molar-refractivity contribution in [2.45, 2.75) is 56.2 Å². The van der Waals surface area contributed by atoms with Crippen LogP contribution in [0.1, 0.15) is 44.7 Å². The molecule has 21 heavy (non-hydrogen) atoms. The number of sulfonamides is 1. The summed E-state index contributed by atoms with van der Waals surface area (Å²) in [6, 6.07) is 7.17. The highest BCUT2D eigenvalue weighted by Gasteiger charge is 2.25. The van der Waals surface area contributed by atoms with E-state index >= 15 is 0 Å². The third-order valence-electron chi connectivity index (χ3n) is 4.03. The fraction of sp³-hybridized carbons (Fsp3) is 0.600. The van der Waals surface area contributed by atoms with Crippen LogP contribution in [0.4, 0.5) is 0 Å². The summed E-state index contributed by atoms with van der Waals surface area (Å²) in [5, 5.41) is 8.69. The second kappa shape index (κ2) is 6.87. The van der Waals surface area contributed by atoms with Crippen LogP contribution in [-0.4, -0.2) is 27.2 Å². The molecule has 118 valence electrons. The average molecular weight is 312 g/mol. The first kappa shape index (κ1) is 16.4. The van der Waals surface area contributed by atoms with E-state index < -0.39 is 10.0 Å². The van der Waals surface area contributed by atoms with Crippen molar-refractivity contribution < 1.29 is 13.2 Å². The van der Waals surface area contributed by atoms with Gasteiger partial charge in [0, 0.05) is 18.7 Å². The molecular formula is C15H24N2O3S. The highest BCUT2D eigenvalue weighted by Crippen LogP contribution is 2.22. The van der Waals surface area contributed by atoms with E-state index in [9.17, 15) is 8.42 Å². The van der Waals surface area contributed by atoms with E-state index in [1.54, 1.807) is 24.3 Å². The molecule has 1 aliphatic heterocycles. The molecule has 6 heteroatoms. The maximum absolute atomic E-state index is 11.3. The number of nitrogens with two attached hydrogens (primary N) is 1. The first-order valence-corrected chi connectivity index (χ1v) is 8.97. The molecule has 0 bridgehead atoms. The van der Waals surface area contributed by atoms with Crippen LogP contribution in [0.5, 0.6) is 0 Å². The summed E-state index contributed by atoms with van der Waals surface area (Å²) in [6.45, 7) is 5.07. The zero-order valence-corrected chi connectivity index (χ0v) is 13.4. The van der Waals surface area contributed by atoms with Crippen molar-refractivity contribution >= 4 is 10.0 Å². The average Bonchev–Trinajstić information content (AvgIpc) is 2.97. The standard InChI is InChI=1S/C15H24N2O3S/c1-3-14(15-5-4-10-20-15)17-11(2)12-6-8-13(9-7-12)21(16,18)19/h6-9,11,14-15,17H,3-5,10H2,1-2H3,(H2,16,18,19)/t11-,14-,15-/m0/s1. The van der Waals surface area contributed by atoms with Gasteiger partial charge in [-0.3, -0.25) is 0 Å². The van der Waals surface area contributed by atoms with E-state index in [1.807, 2.05) is 0 Å². The molecule has 0 radical (unpaired) electrons.